The molecule has 0 unspecified atom stereocenters. The van der Waals surface area contributed by atoms with Gasteiger partial charge in [0.15, 0.2) is 0 Å². The van der Waals surface area contributed by atoms with E-state index in [9.17, 15) is 9.59 Å². The van der Waals surface area contributed by atoms with Crippen molar-refractivity contribution >= 4 is 11.6 Å². The minimum Gasteiger partial charge on any atom is -0.385 e. The average Bonchev–Trinajstić information content (AvgIpc) is 2.30. The second-order valence-corrected chi connectivity index (χ2v) is 4.09. The molecule has 0 rings (SSSR count). The third-order valence-electron chi connectivity index (χ3n) is 2.61. The molecule has 0 radical (unpaired) electrons. The van der Waals surface area contributed by atoms with Gasteiger partial charge in [0, 0.05) is 39.4 Å². The van der Waals surface area contributed by atoms with E-state index in [1.165, 1.54) is 0 Å². The lowest BCUT2D eigenvalue weighted by Crippen LogP contribution is -2.00. The van der Waals surface area contributed by atoms with E-state index in [0.717, 1.165) is 32.3 Å². The van der Waals surface area contributed by atoms with Gasteiger partial charge < -0.3 is 4.74 Å². The minimum atomic E-state index is 0.299. The van der Waals surface area contributed by atoms with E-state index in [-0.39, 0.29) is 0 Å². The molecule has 0 bridgehead atoms. The van der Waals surface area contributed by atoms with Crippen LogP contribution in [0, 0.1) is 0 Å². The van der Waals surface area contributed by atoms with Crippen LogP contribution in [-0.4, -0.2) is 25.3 Å². The second kappa shape index (κ2) is 10.8. The summed E-state index contributed by atoms with van der Waals surface area (Å²) in [5.74, 6) is 0.618. The van der Waals surface area contributed by atoms with Crippen LogP contribution in [0.3, 0.4) is 0 Å². The Morgan fingerprint density at radius 2 is 1.38 bits per heavy atom. The lowest BCUT2D eigenvalue weighted by molar-refractivity contribution is -0.120. The Morgan fingerprint density at radius 3 is 1.88 bits per heavy atom. The summed E-state index contributed by atoms with van der Waals surface area (Å²) in [5, 5.41) is 0. The van der Waals surface area contributed by atoms with Crippen LogP contribution < -0.4 is 0 Å². The summed E-state index contributed by atoms with van der Waals surface area (Å²) in [7, 11) is 1.67. The minimum absolute atomic E-state index is 0.299. The highest BCUT2D eigenvalue weighted by Crippen LogP contribution is 2.06. The summed E-state index contributed by atoms with van der Waals surface area (Å²) >= 11 is 0. The Labute approximate surface area is 98.6 Å². The maximum absolute atomic E-state index is 11.4. The molecule has 94 valence electrons. The lowest BCUT2D eigenvalue weighted by atomic mass is 10.1. The van der Waals surface area contributed by atoms with Gasteiger partial charge in [-0.15, -0.1) is 0 Å². The van der Waals surface area contributed by atoms with E-state index in [1.807, 2.05) is 6.92 Å². The van der Waals surface area contributed by atoms with Crippen molar-refractivity contribution in [3.8, 4) is 0 Å². The molecule has 0 spiro atoms. The first kappa shape index (κ1) is 15.3. The van der Waals surface area contributed by atoms with E-state index in [1.54, 1.807) is 7.11 Å². The van der Waals surface area contributed by atoms with Crippen LogP contribution in [0.2, 0.25) is 0 Å². The molecule has 3 nitrogen and oxygen atoms in total. The first-order chi connectivity index (χ1) is 7.70. The van der Waals surface area contributed by atoms with Gasteiger partial charge >= 0.3 is 0 Å². The predicted molar refractivity (Wildman–Crippen MR) is 64.5 cm³/mol. The number of rotatable bonds is 11. The van der Waals surface area contributed by atoms with Crippen molar-refractivity contribution in [2.24, 2.45) is 0 Å². The molecule has 0 aliphatic carbocycles. The highest BCUT2D eigenvalue weighted by Gasteiger charge is 2.03. The number of ketones is 2. The van der Waals surface area contributed by atoms with E-state index < -0.39 is 0 Å². The van der Waals surface area contributed by atoms with Gasteiger partial charge in [0.2, 0.25) is 0 Å². The number of unbranched alkanes of at least 4 members (excludes halogenated alkanes) is 2. The Morgan fingerprint density at radius 1 is 0.875 bits per heavy atom. The van der Waals surface area contributed by atoms with Crippen LogP contribution >= 0.6 is 0 Å². The smallest absolute Gasteiger partial charge is 0.132 e. The van der Waals surface area contributed by atoms with Crippen LogP contribution in [0.1, 0.15) is 58.3 Å². The van der Waals surface area contributed by atoms with Gasteiger partial charge in [-0.2, -0.15) is 0 Å². The molecule has 3 heteroatoms. The van der Waals surface area contributed by atoms with Crippen LogP contribution in [-0.2, 0) is 14.3 Å². The van der Waals surface area contributed by atoms with Crippen LogP contribution in [0.15, 0.2) is 0 Å². The molecule has 0 aliphatic rings. The zero-order valence-electron chi connectivity index (χ0n) is 10.6. The van der Waals surface area contributed by atoms with Crippen molar-refractivity contribution in [3.05, 3.63) is 0 Å². The summed E-state index contributed by atoms with van der Waals surface area (Å²) in [6, 6.07) is 0. The van der Waals surface area contributed by atoms with Gasteiger partial charge in [0.25, 0.3) is 0 Å². The monoisotopic (exact) mass is 228 g/mol. The molecule has 0 saturated carbocycles. The van der Waals surface area contributed by atoms with E-state index >= 15 is 0 Å². The molecule has 0 aromatic heterocycles. The molecule has 0 aromatic rings. The van der Waals surface area contributed by atoms with Gasteiger partial charge in [-0.25, -0.2) is 0 Å². The van der Waals surface area contributed by atoms with Crippen molar-refractivity contribution in [1.29, 1.82) is 0 Å². The van der Waals surface area contributed by atoms with Crippen molar-refractivity contribution in [2.75, 3.05) is 13.7 Å². The molecular weight excluding hydrogens is 204 g/mol. The molecule has 0 saturated heterocycles. The largest absolute Gasteiger partial charge is 0.385 e. The summed E-state index contributed by atoms with van der Waals surface area (Å²) in [6.45, 7) is 2.61. The first-order valence-electron chi connectivity index (χ1n) is 6.23. The fourth-order valence-electron chi connectivity index (χ4n) is 1.51. The molecule has 0 heterocycles. The summed E-state index contributed by atoms with van der Waals surface area (Å²) in [5.41, 5.74) is 0. The topological polar surface area (TPSA) is 43.4 Å². The number of hydrogen-bond donors (Lipinski definition) is 0. The molecule has 0 atom stereocenters. The van der Waals surface area contributed by atoms with E-state index in [0.29, 0.717) is 37.2 Å². The normalized spacial score (nSPS) is 10.4. The fourth-order valence-corrected chi connectivity index (χ4v) is 1.51. The molecular formula is C13H24O3. The number of hydrogen-bond acceptors (Lipinski definition) is 3. The summed E-state index contributed by atoms with van der Waals surface area (Å²) in [6.07, 6.45) is 6.12. The van der Waals surface area contributed by atoms with Gasteiger partial charge in [0.05, 0.1) is 0 Å². The van der Waals surface area contributed by atoms with Crippen LogP contribution in [0.25, 0.3) is 0 Å². The van der Waals surface area contributed by atoms with Gasteiger partial charge in [-0.3, -0.25) is 9.59 Å². The van der Waals surface area contributed by atoms with Crippen LogP contribution in [0.4, 0.5) is 0 Å². The molecule has 0 fully saturated rings. The maximum atomic E-state index is 11.4. The number of carbonyl (C=O) groups is 2. The van der Waals surface area contributed by atoms with Gasteiger partial charge in [0.1, 0.15) is 11.6 Å². The molecule has 0 aromatic carbocycles. The second-order valence-electron chi connectivity index (χ2n) is 4.09. The fraction of sp³-hybridized carbons (Fsp3) is 0.846. The lowest BCUT2D eigenvalue weighted by Gasteiger charge is -2.01. The van der Waals surface area contributed by atoms with Crippen molar-refractivity contribution < 1.29 is 14.3 Å². The number of methoxy groups -OCH3 is 1. The van der Waals surface area contributed by atoms with E-state index in [2.05, 4.69) is 0 Å². The first-order valence-corrected chi connectivity index (χ1v) is 6.23. The van der Waals surface area contributed by atoms with E-state index in [4.69, 9.17) is 4.74 Å². The van der Waals surface area contributed by atoms with Crippen molar-refractivity contribution in [2.45, 2.75) is 58.3 Å². The number of carbonyl (C=O) groups excluding carboxylic acids is 2. The molecule has 0 aliphatic heterocycles. The van der Waals surface area contributed by atoms with Crippen molar-refractivity contribution in [1.82, 2.24) is 0 Å². The highest BCUT2D eigenvalue weighted by molar-refractivity contribution is 5.79. The zero-order chi connectivity index (χ0) is 12.2. The Balaban J connectivity index is 3.27. The number of ether oxygens (including phenoxy) is 1. The van der Waals surface area contributed by atoms with Gasteiger partial charge in [-0.1, -0.05) is 6.92 Å². The Hall–Kier alpha value is -0.700. The predicted octanol–water partition coefficient (Wildman–Crippen LogP) is 2.91. The number of Topliss-reactive ketones (excluding diaryl/α,β-unsaturated/α-hetero) is 2. The average molecular weight is 228 g/mol. The quantitative estimate of drug-likeness (QED) is 0.511. The highest BCUT2D eigenvalue weighted by atomic mass is 16.5. The SMILES string of the molecule is CCC(=O)CCCCC(=O)CCCCOC. The molecule has 0 N–H and O–H groups in total. The summed E-state index contributed by atoms with van der Waals surface area (Å²) in [4.78, 5) is 22.4. The Kier molecular flexibility index (Phi) is 10.3. The third kappa shape index (κ3) is 9.84. The standard InChI is InChI=1S/C13H24O3/c1-3-12(14)8-4-5-9-13(15)10-6-7-11-16-2/h3-11H2,1-2H3. The van der Waals surface area contributed by atoms with Gasteiger partial charge in [-0.05, 0) is 25.7 Å². The zero-order valence-corrected chi connectivity index (χ0v) is 10.6. The molecule has 16 heavy (non-hydrogen) atoms. The van der Waals surface area contributed by atoms with Crippen molar-refractivity contribution in [3.63, 3.8) is 0 Å². The molecule has 0 amide bonds. The maximum Gasteiger partial charge on any atom is 0.132 e. The van der Waals surface area contributed by atoms with Crippen LogP contribution in [0.5, 0.6) is 0 Å². The Bertz CT molecular complexity index is 199. The third-order valence-corrected chi connectivity index (χ3v) is 2.61. The summed E-state index contributed by atoms with van der Waals surface area (Å²) < 4.78 is 4.91.